The topological polar surface area (TPSA) is 20.3 Å². The Labute approximate surface area is 114 Å². The van der Waals surface area contributed by atoms with Crippen molar-refractivity contribution >= 4 is 29.0 Å². The molecule has 0 bridgehead atoms. The first-order chi connectivity index (χ1) is 8.16. The molecule has 2 aromatic carbocycles. The summed E-state index contributed by atoms with van der Waals surface area (Å²) < 4.78 is 0. The smallest absolute Gasteiger partial charge is 0.151 e. The summed E-state index contributed by atoms with van der Waals surface area (Å²) in [7, 11) is 3.84. The van der Waals surface area contributed by atoms with E-state index in [1.165, 1.54) is 10.8 Å². The molecule has 18 heavy (non-hydrogen) atoms. The fourth-order valence-corrected chi connectivity index (χ4v) is 2.07. The lowest BCUT2D eigenvalue weighted by molar-refractivity contribution is -0.119. The number of carbonyl (C=O) groups is 1. The maximum Gasteiger partial charge on any atom is 0.151 e. The lowest BCUT2D eigenvalue weighted by atomic mass is 10.0. The van der Waals surface area contributed by atoms with Gasteiger partial charge in [0.05, 0.1) is 6.54 Å². The number of Topliss-reactive ketones (excluding diaryl/α,β-unsaturated/α-hetero) is 1. The van der Waals surface area contributed by atoms with Crippen molar-refractivity contribution in [3.05, 3.63) is 48.0 Å². The highest BCUT2D eigenvalue weighted by molar-refractivity contribution is 5.91. The van der Waals surface area contributed by atoms with E-state index in [1.807, 2.05) is 43.3 Å². The molecule has 0 unspecified atom stereocenters. The van der Waals surface area contributed by atoms with Crippen LogP contribution < -0.4 is 0 Å². The molecule has 0 amide bonds. The van der Waals surface area contributed by atoms with Crippen molar-refractivity contribution in [2.24, 2.45) is 0 Å². The third kappa shape index (κ3) is 3.56. The average molecular weight is 264 g/mol. The minimum absolute atomic E-state index is 0. The van der Waals surface area contributed by atoms with E-state index in [0.717, 1.165) is 5.56 Å². The molecule has 2 nitrogen and oxygen atoms in total. The van der Waals surface area contributed by atoms with Crippen LogP contribution >= 0.6 is 12.4 Å². The number of carbonyl (C=O) groups excluding carboxylic acids is 1. The molecule has 96 valence electrons. The van der Waals surface area contributed by atoms with Crippen LogP contribution in [0.2, 0.25) is 0 Å². The Balaban J connectivity index is 0.00000162. The summed E-state index contributed by atoms with van der Waals surface area (Å²) in [4.78, 5) is 13.7. The van der Waals surface area contributed by atoms with E-state index in [-0.39, 0.29) is 18.2 Å². The van der Waals surface area contributed by atoms with Gasteiger partial charge in [-0.3, -0.25) is 4.79 Å². The zero-order valence-corrected chi connectivity index (χ0v) is 11.5. The number of fused-ring (bicyclic) bond motifs is 1. The molecule has 0 fully saturated rings. The van der Waals surface area contributed by atoms with Crippen molar-refractivity contribution in [1.82, 2.24) is 4.90 Å². The number of likely N-dealkylation sites (N-methyl/N-ethyl adjacent to an activating group) is 1. The number of rotatable bonds is 4. The molecule has 0 aliphatic rings. The number of hydrogen-bond donors (Lipinski definition) is 0. The van der Waals surface area contributed by atoms with Crippen LogP contribution in [0.15, 0.2) is 42.5 Å². The maximum absolute atomic E-state index is 11.8. The van der Waals surface area contributed by atoms with Crippen LogP contribution in [0.1, 0.15) is 5.56 Å². The molecule has 0 aromatic heterocycles. The van der Waals surface area contributed by atoms with Crippen molar-refractivity contribution in [2.45, 2.75) is 6.42 Å². The molecule has 2 aromatic rings. The number of halogens is 1. The summed E-state index contributed by atoms with van der Waals surface area (Å²) in [6.07, 6.45) is 0.513. The van der Waals surface area contributed by atoms with E-state index in [1.54, 1.807) is 0 Å². The third-order valence-electron chi connectivity index (χ3n) is 2.76. The van der Waals surface area contributed by atoms with Gasteiger partial charge in [-0.15, -0.1) is 12.4 Å². The van der Waals surface area contributed by atoms with Gasteiger partial charge in [-0.05, 0) is 30.4 Å². The van der Waals surface area contributed by atoms with E-state index in [2.05, 4.69) is 18.2 Å². The van der Waals surface area contributed by atoms with Crippen LogP contribution in [-0.2, 0) is 11.2 Å². The van der Waals surface area contributed by atoms with E-state index in [0.29, 0.717) is 13.0 Å². The molecule has 3 heteroatoms. The lowest BCUT2D eigenvalue weighted by Gasteiger charge is -2.09. The summed E-state index contributed by atoms with van der Waals surface area (Å²) in [5, 5.41) is 2.38. The van der Waals surface area contributed by atoms with Crippen LogP contribution in [0, 0.1) is 0 Å². The minimum atomic E-state index is 0. The van der Waals surface area contributed by atoms with Crippen LogP contribution in [0.5, 0.6) is 0 Å². The van der Waals surface area contributed by atoms with Crippen LogP contribution in [0.3, 0.4) is 0 Å². The first-order valence-corrected chi connectivity index (χ1v) is 5.80. The zero-order valence-electron chi connectivity index (χ0n) is 10.7. The second-order valence-corrected chi connectivity index (χ2v) is 4.59. The van der Waals surface area contributed by atoms with Crippen molar-refractivity contribution in [3.63, 3.8) is 0 Å². The highest BCUT2D eigenvalue weighted by Gasteiger charge is 2.07. The Morgan fingerprint density at radius 2 is 1.72 bits per heavy atom. The first kappa shape index (κ1) is 14.7. The molecule has 0 saturated heterocycles. The number of benzene rings is 2. The van der Waals surface area contributed by atoms with Gasteiger partial charge in [-0.2, -0.15) is 0 Å². The molecule has 0 heterocycles. The van der Waals surface area contributed by atoms with Gasteiger partial charge in [0.15, 0.2) is 5.78 Å². The Morgan fingerprint density at radius 3 is 2.44 bits per heavy atom. The molecular formula is C15H18ClNO. The van der Waals surface area contributed by atoms with Gasteiger partial charge >= 0.3 is 0 Å². The standard InChI is InChI=1S/C15H17NO.ClH/c1-16(2)11-14(17)10-13-8-5-7-12-6-3-4-9-15(12)13;/h3-9H,10-11H2,1-2H3;1H. The molecule has 0 saturated carbocycles. The van der Waals surface area contributed by atoms with Crippen LogP contribution in [0.25, 0.3) is 10.8 Å². The summed E-state index contributed by atoms with van der Waals surface area (Å²) in [5.41, 5.74) is 1.12. The van der Waals surface area contributed by atoms with Gasteiger partial charge in [0, 0.05) is 6.42 Å². The second-order valence-electron chi connectivity index (χ2n) is 4.59. The van der Waals surface area contributed by atoms with Gasteiger partial charge in [-0.25, -0.2) is 0 Å². The monoisotopic (exact) mass is 263 g/mol. The summed E-state index contributed by atoms with van der Waals surface area (Å²) in [5.74, 6) is 0.256. The van der Waals surface area contributed by atoms with Gasteiger partial charge in [-0.1, -0.05) is 42.5 Å². The highest BCUT2D eigenvalue weighted by atomic mass is 35.5. The molecule has 0 N–H and O–H groups in total. The summed E-state index contributed by atoms with van der Waals surface area (Å²) in [6, 6.07) is 14.3. The maximum atomic E-state index is 11.8. The average Bonchev–Trinajstić information content (AvgIpc) is 2.28. The molecule has 2 rings (SSSR count). The summed E-state index contributed by atoms with van der Waals surface area (Å²) in [6.45, 7) is 0.503. The SMILES string of the molecule is CN(C)CC(=O)Cc1cccc2ccccc12.Cl. The summed E-state index contributed by atoms with van der Waals surface area (Å²) >= 11 is 0. The van der Waals surface area contributed by atoms with E-state index < -0.39 is 0 Å². The third-order valence-corrected chi connectivity index (χ3v) is 2.76. The minimum Gasteiger partial charge on any atom is -0.302 e. The number of ketones is 1. The molecular weight excluding hydrogens is 246 g/mol. The van der Waals surface area contributed by atoms with E-state index in [9.17, 15) is 4.79 Å². The predicted octanol–water partition coefficient (Wildman–Crippen LogP) is 2.93. The largest absolute Gasteiger partial charge is 0.302 e. The fourth-order valence-electron chi connectivity index (χ4n) is 2.07. The zero-order chi connectivity index (χ0) is 12.3. The van der Waals surface area contributed by atoms with Gasteiger partial charge in [0.2, 0.25) is 0 Å². The van der Waals surface area contributed by atoms with E-state index >= 15 is 0 Å². The molecule has 0 spiro atoms. The van der Waals surface area contributed by atoms with Crippen molar-refractivity contribution in [3.8, 4) is 0 Å². The fraction of sp³-hybridized carbons (Fsp3) is 0.267. The Kier molecular flexibility index (Phi) is 5.32. The second kappa shape index (κ2) is 6.53. The lowest BCUT2D eigenvalue weighted by Crippen LogP contribution is -2.23. The Morgan fingerprint density at radius 1 is 1.06 bits per heavy atom. The van der Waals surface area contributed by atoms with Gasteiger partial charge in [0.1, 0.15) is 0 Å². The van der Waals surface area contributed by atoms with Crippen molar-refractivity contribution in [1.29, 1.82) is 0 Å². The normalized spacial score (nSPS) is 10.4. The highest BCUT2D eigenvalue weighted by Crippen LogP contribution is 2.18. The van der Waals surface area contributed by atoms with Crippen molar-refractivity contribution in [2.75, 3.05) is 20.6 Å². The predicted molar refractivity (Wildman–Crippen MR) is 78.5 cm³/mol. The van der Waals surface area contributed by atoms with E-state index in [4.69, 9.17) is 0 Å². The van der Waals surface area contributed by atoms with Gasteiger partial charge < -0.3 is 4.90 Å². The van der Waals surface area contributed by atoms with Crippen LogP contribution in [-0.4, -0.2) is 31.3 Å². The molecule has 0 aliphatic carbocycles. The molecule has 0 atom stereocenters. The number of nitrogens with zero attached hydrogens (tertiary/aromatic N) is 1. The Bertz CT molecular complexity index is 532. The Hall–Kier alpha value is -1.38. The quantitative estimate of drug-likeness (QED) is 0.845. The van der Waals surface area contributed by atoms with Crippen molar-refractivity contribution < 1.29 is 4.79 Å². The molecule has 0 radical (unpaired) electrons. The van der Waals surface area contributed by atoms with Crippen LogP contribution in [0.4, 0.5) is 0 Å². The first-order valence-electron chi connectivity index (χ1n) is 5.80. The molecule has 0 aliphatic heterocycles. The number of hydrogen-bond acceptors (Lipinski definition) is 2. The van der Waals surface area contributed by atoms with Gasteiger partial charge in [0.25, 0.3) is 0 Å².